The van der Waals surface area contributed by atoms with Gasteiger partial charge < -0.3 is 10.1 Å². The lowest BCUT2D eigenvalue weighted by Gasteiger charge is -2.16. The average molecular weight is 391 g/mol. The summed E-state index contributed by atoms with van der Waals surface area (Å²) in [5.74, 6) is 0.463. The van der Waals surface area contributed by atoms with Crippen LogP contribution in [0.5, 0.6) is 5.75 Å². The standard InChI is InChI=1S/C20H26N2O4S/c1-14(2)12-15-6-8-16(9-7-15)20(23)21-17-10-11-18(26-5)19(13-17)27(24,25)22(3)4/h6-11,13-14H,12H2,1-5H3,(H,21,23). The minimum Gasteiger partial charge on any atom is -0.495 e. The Balaban J connectivity index is 2.25. The summed E-state index contributed by atoms with van der Waals surface area (Å²) < 4.78 is 31.2. The van der Waals surface area contributed by atoms with Gasteiger partial charge in [0.05, 0.1) is 7.11 Å². The maximum Gasteiger partial charge on any atom is 0.255 e. The summed E-state index contributed by atoms with van der Waals surface area (Å²) in [4.78, 5) is 12.5. The maximum absolute atomic E-state index is 12.5. The number of rotatable bonds is 7. The van der Waals surface area contributed by atoms with Crippen molar-refractivity contribution in [2.75, 3.05) is 26.5 Å². The van der Waals surface area contributed by atoms with Gasteiger partial charge in [0.15, 0.2) is 0 Å². The van der Waals surface area contributed by atoms with Crippen molar-refractivity contribution in [3.63, 3.8) is 0 Å². The second-order valence-corrected chi connectivity index (χ2v) is 9.02. The van der Waals surface area contributed by atoms with Crippen molar-refractivity contribution in [2.24, 2.45) is 5.92 Å². The molecule has 0 aromatic heterocycles. The van der Waals surface area contributed by atoms with E-state index in [9.17, 15) is 13.2 Å². The molecule has 0 aliphatic heterocycles. The molecule has 2 rings (SSSR count). The Morgan fingerprint density at radius 1 is 1.11 bits per heavy atom. The molecule has 0 atom stereocenters. The van der Waals surface area contributed by atoms with E-state index in [1.54, 1.807) is 18.2 Å². The first-order valence-corrected chi connectivity index (χ1v) is 10.1. The predicted octanol–water partition coefficient (Wildman–Crippen LogP) is 3.40. The van der Waals surface area contributed by atoms with E-state index < -0.39 is 10.0 Å². The van der Waals surface area contributed by atoms with Gasteiger partial charge in [0.1, 0.15) is 10.6 Å². The number of methoxy groups -OCH3 is 1. The molecular formula is C20H26N2O4S. The molecular weight excluding hydrogens is 364 g/mol. The minimum atomic E-state index is -3.70. The molecule has 0 radical (unpaired) electrons. The molecule has 0 aliphatic carbocycles. The van der Waals surface area contributed by atoms with E-state index in [-0.39, 0.29) is 16.6 Å². The summed E-state index contributed by atoms with van der Waals surface area (Å²) in [6.07, 6.45) is 0.951. The zero-order valence-electron chi connectivity index (χ0n) is 16.3. The molecule has 6 nitrogen and oxygen atoms in total. The lowest BCUT2D eigenvalue weighted by molar-refractivity contribution is 0.102. The van der Waals surface area contributed by atoms with E-state index in [1.165, 1.54) is 38.9 Å². The SMILES string of the molecule is COc1ccc(NC(=O)c2ccc(CC(C)C)cc2)cc1S(=O)(=O)N(C)C. The molecule has 1 N–H and O–H groups in total. The largest absolute Gasteiger partial charge is 0.495 e. The molecule has 27 heavy (non-hydrogen) atoms. The van der Waals surface area contributed by atoms with Crippen LogP contribution in [-0.2, 0) is 16.4 Å². The number of hydrogen-bond acceptors (Lipinski definition) is 4. The van der Waals surface area contributed by atoms with Gasteiger partial charge in [-0.05, 0) is 48.2 Å². The van der Waals surface area contributed by atoms with Crippen molar-refractivity contribution in [3.05, 3.63) is 53.6 Å². The summed E-state index contributed by atoms with van der Waals surface area (Å²) in [6, 6.07) is 12.0. The number of nitrogens with one attached hydrogen (secondary N) is 1. The van der Waals surface area contributed by atoms with E-state index in [4.69, 9.17) is 4.74 Å². The monoisotopic (exact) mass is 390 g/mol. The van der Waals surface area contributed by atoms with Crippen LogP contribution < -0.4 is 10.1 Å². The van der Waals surface area contributed by atoms with Crippen LogP contribution in [-0.4, -0.2) is 39.8 Å². The van der Waals surface area contributed by atoms with Crippen LogP contribution >= 0.6 is 0 Å². The average Bonchev–Trinajstić information content (AvgIpc) is 2.61. The Labute approximate surface area is 161 Å². The minimum absolute atomic E-state index is 0.0000753. The van der Waals surface area contributed by atoms with Crippen LogP contribution in [0.3, 0.4) is 0 Å². The van der Waals surface area contributed by atoms with Crippen LogP contribution in [0.2, 0.25) is 0 Å². The molecule has 1 amide bonds. The fraction of sp³-hybridized carbons (Fsp3) is 0.350. The van der Waals surface area contributed by atoms with Crippen molar-refractivity contribution in [1.82, 2.24) is 4.31 Å². The highest BCUT2D eigenvalue weighted by Crippen LogP contribution is 2.29. The lowest BCUT2D eigenvalue weighted by Crippen LogP contribution is -2.23. The van der Waals surface area contributed by atoms with Crippen molar-refractivity contribution >= 4 is 21.6 Å². The van der Waals surface area contributed by atoms with Gasteiger partial charge in [0, 0.05) is 25.3 Å². The van der Waals surface area contributed by atoms with Crippen LogP contribution in [0.25, 0.3) is 0 Å². The summed E-state index contributed by atoms with van der Waals surface area (Å²) in [7, 11) is 0.587. The van der Waals surface area contributed by atoms with Gasteiger partial charge in [0.25, 0.3) is 5.91 Å². The van der Waals surface area contributed by atoms with Gasteiger partial charge in [0.2, 0.25) is 10.0 Å². The van der Waals surface area contributed by atoms with Crippen LogP contribution in [0.1, 0.15) is 29.8 Å². The third-order valence-electron chi connectivity index (χ3n) is 4.04. The quantitative estimate of drug-likeness (QED) is 0.786. The van der Waals surface area contributed by atoms with E-state index in [1.807, 2.05) is 12.1 Å². The Morgan fingerprint density at radius 2 is 1.74 bits per heavy atom. The second-order valence-electron chi connectivity index (χ2n) is 6.90. The molecule has 2 aromatic carbocycles. The summed E-state index contributed by atoms with van der Waals surface area (Å²) in [5.41, 5.74) is 2.06. The van der Waals surface area contributed by atoms with Crippen LogP contribution in [0.4, 0.5) is 5.69 Å². The third-order valence-corrected chi connectivity index (χ3v) is 5.88. The van der Waals surface area contributed by atoms with Gasteiger partial charge in [-0.2, -0.15) is 0 Å². The molecule has 0 unspecified atom stereocenters. The Kier molecular flexibility index (Phi) is 6.62. The number of sulfonamides is 1. The number of carbonyl (C=O) groups is 1. The van der Waals surface area contributed by atoms with E-state index in [0.717, 1.165) is 10.7 Å². The lowest BCUT2D eigenvalue weighted by atomic mass is 10.0. The zero-order valence-corrected chi connectivity index (χ0v) is 17.1. The summed E-state index contributed by atoms with van der Waals surface area (Å²) in [5, 5.41) is 2.74. The number of anilines is 1. The maximum atomic E-state index is 12.5. The fourth-order valence-corrected chi connectivity index (χ4v) is 3.69. The molecule has 0 saturated heterocycles. The molecule has 0 bridgehead atoms. The second kappa shape index (κ2) is 8.54. The van der Waals surface area contributed by atoms with Gasteiger partial charge in [-0.1, -0.05) is 26.0 Å². The summed E-state index contributed by atoms with van der Waals surface area (Å²) >= 11 is 0. The Morgan fingerprint density at radius 3 is 2.26 bits per heavy atom. The number of benzene rings is 2. The van der Waals surface area contributed by atoms with Gasteiger partial charge in [-0.3, -0.25) is 4.79 Å². The molecule has 0 fully saturated rings. The highest BCUT2D eigenvalue weighted by Gasteiger charge is 2.23. The first-order valence-electron chi connectivity index (χ1n) is 8.66. The molecule has 0 aliphatic rings. The predicted molar refractivity (Wildman–Crippen MR) is 107 cm³/mol. The van der Waals surface area contributed by atoms with E-state index in [0.29, 0.717) is 17.2 Å². The van der Waals surface area contributed by atoms with Crippen molar-refractivity contribution in [2.45, 2.75) is 25.2 Å². The zero-order chi connectivity index (χ0) is 20.2. The molecule has 0 spiro atoms. The van der Waals surface area contributed by atoms with Crippen molar-refractivity contribution in [3.8, 4) is 5.75 Å². The molecule has 146 valence electrons. The third kappa shape index (κ3) is 5.08. The number of nitrogens with zero attached hydrogens (tertiary/aromatic N) is 1. The summed E-state index contributed by atoms with van der Waals surface area (Å²) in [6.45, 7) is 4.29. The molecule has 7 heteroatoms. The number of hydrogen-bond donors (Lipinski definition) is 1. The van der Waals surface area contributed by atoms with E-state index >= 15 is 0 Å². The number of amides is 1. The Hall–Kier alpha value is -2.38. The highest BCUT2D eigenvalue weighted by atomic mass is 32.2. The van der Waals surface area contributed by atoms with Gasteiger partial charge >= 0.3 is 0 Å². The van der Waals surface area contributed by atoms with E-state index in [2.05, 4.69) is 19.2 Å². The first-order chi connectivity index (χ1) is 12.6. The van der Waals surface area contributed by atoms with Crippen LogP contribution in [0, 0.1) is 5.92 Å². The molecule has 0 saturated carbocycles. The van der Waals surface area contributed by atoms with Crippen LogP contribution in [0.15, 0.2) is 47.4 Å². The number of ether oxygens (including phenoxy) is 1. The smallest absolute Gasteiger partial charge is 0.255 e. The van der Waals surface area contributed by atoms with Crippen molar-refractivity contribution < 1.29 is 17.9 Å². The van der Waals surface area contributed by atoms with Gasteiger partial charge in [-0.15, -0.1) is 0 Å². The molecule has 2 aromatic rings. The van der Waals surface area contributed by atoms with Gasteiger partial charge in [-0.25, -0.2) is 12.7 Å². The number of carbonyl (C=O) groups excluding carboxylic acids is 1. The normalized spacial score (nSPS) is 11.7. The topological polar surface area (TPSA) is 75.7 Å². The fourth-order valence-electron chi connectivity index (χ4n) is 2.62. The van der Waals surface area contributed by atoms with Crippen molar-refractivity contribution in [1.29, 1.82) is 0 Å². The first kappa shape index (κ1) is 20.9. The molecule has 0 heterocycles. The Bertz CT molecular complexity index is 904. The highest BCUT2D eigenvalue weighted by molar-refractivity contribution is 7.89.